The molecule has 2 heterocycles. The molecule has 1 atom stereocenters. The van der Waals surface area contributed by atoms with E-state index in [1.807, 2.05) is 85.1 Å². The van der Waals surface area contributed by atoms with E-state index in [-0.39, 0.29) is 12.2 Å². The Labute approximate surface area is 242 Å². The van der Waals surface area contributed by atoms with Crippen molar-refractivity contribution in [2.24, 2.45) is 4.99 Å². The number of fused-ring (bicyclic) bond motifs is 1. The summed E-state index contributed by atoms with van der Waals surface area (Å²) >= 11 is 6.44. The van der Waals surface area contributed by atoms with Gasteiger partial charge in [0.25, 0.3) is 5.56 Å². The summed E-state index contributed by atoms with van der Waals surface area (Å²) in [7, 11) is 1.61. The standard InChI is InChI=1S/C30H25BrN2O4S2/c1-4-37-29(35)25-26(19-8-6-5-7-9-19)32-30-33(27(25)20-11-13-21(38-3)14-12-20)28(34)24(39-30)17-18-10-15-23(36-2)22(31)16-18/h5-17,27H,4H2,1-3H3/b24-17-. The van der Waals surface area contributed by atoms with E-state index in [1.165, 1.54) is 11.3 Å². The minimum atomic E-state index is -0.698. The van der Waals surface area contributed by atoms with Gasteiger partial charge in [0.05, 0.1) is 40.0 Å². The van der Waals surface area contributed by atoms with Crippen LogP contribution >= 0.6 is 39.0 Å². The van der Waals surface area contributed by atoms with E-state index in [4.69, 9.17) is 14.5 Å². The van der Waals surface area contributed by atoms with Crippen molar-refractivity contribution in [2.75, 3.05) is 20.0 Å². The number of carbonyl (C=O) groups excluding carboxylic acids is 1. The van der Waals surface area contributed by atoms with Crippen LogP contribution < -0.4 is 19.6 Å². The van der Waals surface area contributed by atoms with Crippen molar-refractivity contribution in [2.45, 2.75) is 17.9 Å². The molecule has 0 saturated heterocycles. The molecule has 1 aliphatic heterocycles. The Morgan fingerprint density at radius 3 is 2.51 bits per heavy atom. The summed E-state index contributed by atoms with van der Waals surface area (Å²) in [5.74, 6) is 0.210. The largest absolute Gasteiger partial charge is 0.496 e. The molecule has 39 heavy (non-hydrogen) atoms. The Balaban J connectivity index is 1.79. The third kappa shape index (κ3) is 5.39. The predicted molar refractivity (Wildman–Crippen MR) is 160 cm³/mol. The number of methoxy groups -OCH3 is 1. The summed E-state index contributed by atoms with van der Waals surface area (Å²) in [5.41, 5.74) is 3.04. The van der Waals surface area contributed by atoms with Crippen molar-refractivity contribution in [1.82, 2.24) is 4.57 Å². The van der Waals surface area contributed by atoms with Crippen molar-refractivity contribution in [3.05, 3.63) is 119 Å². The number of thiazole rings is 1. The fourth-order valence-electron chi connectivity index (χ4n) is 4.47. The van der Waals surface area contributed by atoms with Gasteiger partial charge in [-0.25, -0.2) is 9.79 Å². The molecule has 1 aliphatic rings. The zero-order valence-electron chi connectivity index (χ0n) is 21.5. The molecule has 0 N–H and O–H groups in total. The lowest BCUT2D eigenvalue weighted by molar-refractivity contribution is -0.138. The first-order chi connectivity index (χ1) is 18.9. The van der Waals surface area contributed by atoms with Crippen molar-refractivity contribution in [1.29, 1.82) is 0 Å². The van der Waals surface area contributed by atoms with Crippen LogP contribution in [-0.2, 0) is 9.53 Å². The third-order valence-corrected chi connectivity index (χ3v) is 8.63. The van der Waals surface area contributed by atoms with Crippen LogP contribution in [0.25, 0.3) is 11.8 Å². The van der Waals surface area contributed by atoms with E-state index < -0.39 is 12.0 Å². The SMILES string of the molecule is CCOC(=O)C1=C(c2ccccc2)N=c2s/c(=C\c3ccc(OC)c(Br)c3)c(=O)n2C1c1ccc(SC)cc1. The van der Waals surface area contributed by atoms with Crippen LogP contribution in [0, 0.1) is 0 Å². The first-order valence-corrected chi connectivity index (χ1v) is 15.0. The number of halogens is 1. The molecule has 0 aliphatic carbocycles. The second kappa shape index (κ2) is 11.8. The van der Waals surface area contributed by atoms with E-state index in [2.05, 4.69) is 15.9 Å². The van der Waals surface area contributed by atoms with E-state index >= 15 is 0 Å². The number of hydrogen-bond acceptors (Lipinski definition) is 7. The van der Waals surface area contributed by atoms with E-state index in [1.54, 1.807) is 30.4 Å². The Hall–Kier alpha value is -3.40. The molecule has 1 unspecified atom stereocenters. The zero-order chi connectivity index (χ0) is 27.5. The van der Waals surface area contributed by atoms with Gasteiger partial charge >= 0.3 is 5.97 Å². The maximum atomic E-state index is 14.0. The van der Waals surface area contributed by atoms with Gasteiger partial charge in [-0.15, -0.1) is 11.8 Å². The molecule has 0 radical (unpaired) electrons. The highest BCUT2D eigenvalue weighted by Crippen LogP contribution is 2.35. The molecule has 0 bridgehead atoms. The van der Waals surface area contributed by atoms with Gasteiger partial charge in [0.1, 0.15) is 5.75 Å². The third-order valence-electron chi connectivity index (χ3n) is 6.28. The van der Waals surface area contributed by atoms with Gasteiger partial charge in [-0.1, -0.05) is 59.9 Å². The van der Waals surface area contributed by atoms with Crippen LogP contribution in [-0.4, -0.2) is 30.5 Å². The second-order valence-electron chi connectivity index (χ2n) is 8.60. The molecular weight excluding hydrogens is 596 g/mol. The van der Waals surface area contributed by atoms with Crippen LogP contribution in [0.15, 0.2) is 97.5 Å². The summed E-state index contributed by atoms with van der Waals surface area (Å²) in [6.45, 7) is 1.98. The Morgan fingerprint density at radius 1 is 1.13 bits per heavy atom. The van der Waals surface area contributed by atoms with Crippen LogP contribution in [0.3, 0.4) is 0 Å². The number of nitrogens with zero attached hydrogens (tertiary/aromatic N) is 2. The fraction of sp³-hybridized carbons (Fsp3) is 0.167. The Kier molecular flexibility index (Phi) is 8.20. The minimum Gasteiger partial charge on any atom is -0.496 e. The monoisotopic (exact) mass is 620 g/mol. The van der Waals surface area contributed by atoms with Gasteiger partial charge in [-0.2, -0.15) is 0 Å². The van der Waals surface area contributed by atoms with Gasteiger partial charge in [0, 0.05) is 10.5 Å². The van der Waals surface area contributed by atoms with E-state index in [9.17, 15) is 9.59 Å². The minimum absolute atomic E-state index is 0.208. The molecule has 1 aromatic heterocycles. The molecule has 5 rings (SSSR count). The Bertz CT molecular complexity index is 1740. The topological polar surface area (TPSA) is 69.9 Å². The van der Waals surface area contributed by atoms with Gasteiger partial charge in [-0.3, -0.25) is 9.36 Å². The highest BCUT2D eigenvalue weighted by atomic mass is 79.9. The molecule has 9 heteroatoms. The second-order valence-corrected chi connectivity index (χ2v) is 11.3. The summed E-state index contributed by atoms with van der Waals surface area (Å²) in [6, 6.07) is 22.4. The van der Waals surface area contributed by atoms with Gasteiger partial charge in [0.2, 0.25) is 0 Å². The van der Waals surface area contributed by atoms with Crippen molar-refractivity contribution < 1.29 is 14.3 Å². The summed E-state index contributed by atoms with van der Waals surface area (Å²) in [4.78, 5) is 34.0. The van der Waals surface area contributed by atoms with Crippen LogP contribution in [0.5, 0.6) is 5.75 Å². The number of thioether (sulfide) groups is 1. The quantitative estimate of drug-likeness (QED) is 0.204. The molecule has 4 aromatic rings. The molecule has 198 valence electrons. The first-order valence-electron chi connectivity index (χ1n) is 12.2. The molecule has 0 saturated carbocycles. The maximum absolute atomic E-state index is 14.0. The van der Waals surface area contributed by atoms with E-state index in [0.29, 0.717) is 26.4 Å². The lowest BCUT2D eigenvalue weighted by Crippen LogP contribution is -2.40. The highest BCUT2D eigenvalue weighted by Gasteiger charge is 2.35. The van der Waals surface area contributed by atoms with Gasteiger partial charge < -0.3 is 9.47 Å². The number of esters is 1. The summed E-state index contributed by atoms with van der Waals surface area (Å²) in [6.07, 6.45) is 3.84. The van der Waals surface area contributed by atoms with Crippen molar-refractivity contribution in [3.8, 4) is 5.75 Å². The fourth-order valence-corrected chi connectivity index (χ4v) is 6.43. The van der Waals surface area contributed by atoms with Crippen LogP contribution in [0.4, 0.5) is 0 Å². The number of carbonyl (C=O) groups is 1. The van der Waals surface area contributed by atoms with Crippen molar-refractivity contribution >= 4 is 56.8 Å². The normalized spacial score (nSPS) is 15.1. The number of benzene rings is 3. The lowest BCUT2D eigenvalue weighted by atomic mass is 9.93. The molecule has 3 aromatic carbocycles. The number of hydrogen-bond donors (Lipinski definition) is 0. The first kappa shape index (κ1) is 27.2. The van der Waals surface area contributed by atoms with E-state index in [0.717, 1.165) is 26.1 Å². The summed E-state index contributed by atoms with van der Waals surface area (Å²) < 4.78 is 13.8. The predicted octanol–water partition coefficient (Wildman–Crippen LogP) is 5.43. The van der Waals surface area contributed by atoms with Gasteiger partial charge in [-0.05, 0) is 70.6 Å². The molecule has 0 amide bonds. The summed E-state index contributed by atoms with van der Waals surface area (Å²) in [5, 5.41) is 0. The molecule has 0 spiro atoms. The smallest absolute Gasteiger partial charge is 0.338 e. The molecular formula is C30H25BrN2O4S2. The lowest BCUT2D eigenvalue weighted by Gasteiger charge is -2.26. The highest BCUT2D eigenvalue weighted by molar-refractivity contribution is 9.10. The number of ether oxygens (including phenoxy) is 2. The van der Waals surface area contributed by atoms with Crippen LogP contribution in [0.1, 0.15) is 29.7 Å². The average Bonchev–Trinajstić information content (AvgIpc) is 3.27. The molecule has 0 fully saturated rings. The number of aromatic nitrogens is 1. The number of rotatable bonds is 7. The maximum Gasteiger partial charge on any atom is 0.338 e. The van der Waals surface area contributed by atoms with Gasteiger partial charge in [0.15, 0.2) is 4.80 Å². The van der Waals surface area contributed by atoms with Crippen molar-refractivity contribution in [3.63, 3.8) is 0 Å². The average molecular weight is 622 g/mol. The molecule has 6 nitrogen and oxygen atoms in total. The Morgan fingerprint density at radius 2 is 1.87 bits per heavy atom. The zero-order valence-corrected chi connectivity index (χ0v) is 24.7. The van der Waals surface area contributed by atoms with Crippen LogP contribution in [0.2, 0.25) is 0 Å².